The zero-order valence-corrected chi connectivity index (χ0v) is 11.9. The number of hydrogen-bond acceptors (Lipinski definition) is 2. The quantitative estimate of drug-likeness (QED) is 0.537. The molecule has 0 aliphatic carbocycles. The van der Waals surface area contributed by atoms with E-state index in [1.54, 1.807) is 0 Å². The van der Waals surface area contributed by atoms with Crippen LogP contribution < -0.4 is 0 Å². The van der Waals surface area contributed by atoms with E-state index in [1.807, 2.05) is 13.8 Å². The summed E-state index contributed by atoms with van der Waals surface area (Å²) < 4.78 is 0. The van der Waals surface area contributed by atoms with Crippen molar-refractivity contribution in [2.75, 3.05) is 0 Å². The van der Waals surface area contributed by atoms with Gasteiger partial charge in [-0.15, -0.1) is 0 Å². The second kappa shape index (κ2) is 9.38. The molecule has 100 valence electrons. The van der Waals surface area contributed by atoms with Crippen molar-refractivity contribution in [3.8, 4) is 0 Å². The van der Waals surface area contributed by atoms with Gasteiger partial charge in [-0.05, 0) is 25.2 Å². The smallest absolute Gasteiger partial charge is 0.135 e. The van der Waals surface area contributed by atoms with Gasteiger partial charge in [-0.1, -0.05) is 34.1 Å². The Morgan fingerprint density at radius 1 is 0.824 bits per heavy atom. The van der Waals surface area contributed by atoms with Crippen molar-refractivity contribution < 1.29 is 9.59 Å². The molecule has 0 radical (unpaired) electrons. The fraction of sp³-hybridized carbons (Fsp3) is 0.867. The van der Waals surface area contributed by atoms with Crippen LogP contribution in [0.3, 0.4) is 0 Å². The largest absolute Gasteiger partial charge is 0.300 e. The maximum atomic E-state index is 11.5. The van der Waals surface area contributed by atoms with Gasteiger partial charge in [-0.2, -0.15) is 0 Å². The van der Waals surface area contributed by atoms with Gasteiger partial charge < -0.3 is 0 Å². The van der Waals surface area contributed by atoms with E-state index in [4.69, 9.17) is 0 Å². The summed E-state index contributed by atoms with van der Waals surface area (Å²) in [6.07, 6.45) is 6.00. The van der Waals surface area contributed by atoms with E-state index in [-0.39, 0.29) is 5.92 Å². The lowest BCUT2D eigenvalue weighted by Crippen LogP contribution is -2.06. The average Bonchev–Trinajstić information content (AvgIpc) is 2.25. The Labute approximate surface area is 106 Å². The van der Waals surface area contributed by atoms with Gasteiger partial charge in [-0.25, -0.2) is 0 Å². The number of carbonyl (C=O) groups excluding carboxylic acids is 2. The minimum absolute atomic E-state index is 0.155. The topological polar surface area (TPSA) is 34.1 Å². The van der Waals surface area contributed by atoms with Crippen molar-refractivity contribution >= 4 is 11.6 Å². The molecule has 0 aliphatic rings. The molecule has 17 heavy (non-hydrogen) atoms. The van der Waals surface area contributed by atoms with Gasteiger partial charge in [-0.3, -0.25) is 9.59 Å². The standard InChI is InChI=1S/C15H28O2/c1-12(2)10-11-14(16)8-6-5-7-9-15(17)13(3)4/h12-13H,5-11H2,1-4H3. The first-order valence-corrected chi connectivity index (χ1v) is 6.98. The highest BCUT2D eigenvalue weighted by Crippen LogP contribution is 2.10. The monoisotopic (exact) mass is 240 g/mol. The van der Waals surface area contributed by atoms with Crippen molar-refractivity contribution in [2.24, 2.45) is 11.8 Å². The Kier molecular flexibility index (Phi) is 9.01. The van der Waals surface area contributed by atoms with Crippen molar-refractivity contribution in [1.29, 1.82) is 0 Å². The van der Waals surface area contributed by atoms with Crippen LogP contribution in [-0.4, -0.2) is 11.6 Å². The molecule has 0 aromatic carbocycles. The predicted molar refractivity (Wildman–Crippen MR) is 72.0 cm³/mol. The number of carbonyl (C=O) groups is 2. The molecule has 0 N–H and O–H groups in total. The Morgan fingerprint density at radius 3 is 1.94 bits per heavy atom. The van der Waals surface area contributed by atoms with Crippen molar-refractivity contribution in [1.82, 2.24) is 0 Å². The third kappa shape index (κ3) is 10.2. The molecule has 0 heterocycles. The molecular weight excluding hydrogens is 212 g/mol. The van der Waals surface area contributed by atoms with E-state index >= 15 is 0 Å². The molecular formula is C15H28O2. The van der Waals surface area contributed by atoms with Crippen LogP contribution in [0, 0.1) is 11.8 Å². The summed E-state index contributed by atoms with van der Waals surface area (Å²) in [4.78, 5) is 22.8. The molecule has 0 unspecified atom stereocenters. The molecule has 0 fully saturated rings. The van der Waals surface area contributed by atoms with Gasteiger partial charge in [0, 0.05) is 25.2 Å². The van der Waals surface area contributed by atoms with Crippen molar-refractivity contribution in [3.05, 3.63) is 0 Å². The van der Waals surface area contributed by atoms with E-state index in [0.717, 1.165) is 32.1 Å². The summed E-state index contributed by atoms with van der Waals surface area (Å²) in [5.74, 6) is 1.50. The molecule has 0 bridgehead atoms. The van der Waals surface area contributed by atoms with Crippen LogP contribution in [0.25, 0.3) is 0 Å². The van der Waals surface area contributed by atoms with Crippen LogP contribution >= 0.6 is 0 Å². The van der Waals surface area contributed by atoms with Gasteiger partial charge in [0.25, 0.3) is 0 Å². The molecule has 0 atom stereocenters. The van der Waals surface area contributed by atoms with Crippen LogP contribution in [0.2, 0.25) is 0 Å². The zero-order chi connectivity index (χ0) is 13.3. The lowest BCUT2D eigenvalue weighted by atomic mass is 10.00. The van der Waals surface area contributed by atoms with Gasteiger partial charge in [0.15, 0.2) is 0 Å². The molecule has 0 aromatic heterocycles. The summed E-state index contributed by atoms with van der Waals surface area (Å²) in [6.45, 7) is 8.17. The average molecular weight is 240 g/mol. The summed E-state index contributed by atoms with van der Waals surface area (Å²) in [6, 6.07) is 0. The lowest BCUT2D eigenvalue weighted by molar-refractivity contribution is -0.122. The van der Waals surface area contributed by atoms with E-state index < -0.39 is 0 Å². The molecule has 0 aromatic rings. The highest BCUT2D eigenvalue weighted by Gasteiger charge is 2.07. The Morgan fingerprint density at radius 2 is 1.41 bits per heavy atom. The first-order chi connectivity index (χ1) is 7.93. The minimum atomic E-state index is 0.155. The van der Waals surface area contributed by atoms with Gasteiger partial charge in [0.05, 0.1) is 0 Å². The third-order valence-corrected chi connectivity index (χ3v) is 3.02. The highest BCUT2D eigenvalue weighted by molar-refractivity contribution is 5.80. The third-order valence-electron chi connectivity index (χ3n) is 3.02. The number of Topliss-reactive ketones (excluding diaryl/α,β-unsaturated/α-hetero) is 2. The van der Waals surface area contributed by atoms with E-state index in [2.05, 4.69) is 13.8 Å². The Balaban J connectivity index is 3.39. The SMILES string of the molecule is CC(C)CCC(=O)CCCCCC(=O)C(C)C. The molecule has 0 aliphatic heterocycles. The summed E-state index contributed by atoms with van der Waals surface area (Å²) in [7, 11) is 0. The molecule has 2 heteroatoms. The predicted octanol–water partition coefficient (Wildman–Crippen LogP) is 4.17. The van der Waals surface area contributed by atoms with E-state index in [1.165, 1.54) is 0 Å². The van der Waals surface area contributed by atoms with Crippen LogP contribution in [0.5, 0.6) is 0 Å². The first-order valence-electron chi connectivity index (χ1n) is 6.98. The molecule has 0 amide bonds. The molecule has 0 rings (SSSR count). The van der Waals surface area contributed by atoms with Crippen LogP contribution in [0.1, 0.15) is 72.6 Å². The fourth-order valence-corrected chi connectivity index (χ4v) is 1.66. The maximum absolute atomic E-state index is 11.5. The van der Waals surface area contributed by atoms with Crippen molar-refractivity contribution in [3.63, 3.8) is 0 Å². The van der Waals surface area contributed by atoms with Crippen molar-refractivity contribution in [2.45, 2.75) is 72.6 Å². The van der Waals surface area contributed by atoms with Crippen LogP contribution in [0.15, 0.2) is 0 Å². The Bertz CT molecular complexity index is 229. The summed E-state index contributed by atoms with van der Waals surface area (Å²) in [5, 5.41) is 0. The number of ketones is 2. The minimum Gasteiger partial charge on any atom is -0.300 e. The van der Waals surface area contributed by atoms with Gasteiger partial charge in [0.1, 0.15) is 11.6 Å². The highest BCUT2D eigenvalue weighted by atomic mass is 16.1. The molecule has 0 spiro atoms. The normalized spacial score (nSPS) is 11.2. The number of hydrogen-bond donors (Lipinski definition) is 0. The second-order valence-corrected chi connectivity index (χ2v) is 5.65. The number of rotatable bonds is 10. The van der Waals surface area contributed by atoms with E-state index in [9.17, 15) is 9.59 Å². The van der Waals surface area contributed by atoms with Crippen LogP contribution in [-0.2, 0) is 9.59 Å². The molecule has 0 saturated heterocycles. The first kappa shape index (κ1) is 16.3. The zero-order valence-electron chi connectivity index (χ0n) is 11.9. The van der Waals surface area contributed by atoms with Crippen LogP contribution in [0.4, 0.5) is 0 Å². The number of unbranched alkanes of at least 4 members (excludes halogenated alkanes) is 2. The fourth-order valence-electron chi connectivity index (χ4n) is 1.66. The lowest BCUT2D eigenvalue weighted by Gasteiger charge is -2.05. The summed E-state index contributed by atoms with van der Waals surface area (Å²) >= 11 is 0. The van der Waals surface area contributed by atoms with Gasteiger partial charge in [0.2, 0.25) is 0 Å². The molecule has 2 nitrogen and oxygen atoms in total. The summed E-state index contributed by atoms with van der Waals surface area (Å²) in [5.41, 5.74) is 0. The van der Waals surface area contributed by atoms with E-state index in [0.29, 0.717) is 30.3 Å². The second-order valence-electron chi connectivity index (χ2n) is 5.65. The van der Waals surface area contributed by atoms with Gasteiger partial charge >= 0.3 is 0 Å². The molecule has 0 saturated carbocycles. The maximum Gasteiger partial charge on any atom is 0.135 e. The Hall–Kier alpha value is -0.660.